The summed E-state index contributed by atoms with van der Waals surface area (Å²) in [4.78, 5) is 4.41. The van der Waals surface area contributed by atoms with Gasteiger partial charge >= 0.3 is 13.8 Å². The van der Waals surface area contributed by atoms with Crippen LogP contribution in [0.25, 0.3) is 16.7 Å². The predicted molar refractivity (Wildman–Crippen MR) is 128 cm³/mol. The van der Waals surface area contributed by atoms with E-state index in [0.717, 1.165) is 57.4 Å². The number of aromatic nitrogens is 3. The molecule has 188 valence electrons. The van der Waals surface area contributed by atoms with E-state index in [9.17, 15) is 17.7 Å². The molecule has 0 saturated heterocycles. The van der Waals surface area contributed by atoms with E-state index in [2.05, 4.69) is 20.3 Å². The third-order valence-electron chi connectivity index (χ3n) is 6.73. The van der Waals surface area contributed by atoms with Gasteiger partial charge in [0.15, 0.2) is 5.65 Å². The van der Waals surface area contributed by atoms with Crippen LogP contribution in [0.1, 0.15) is 62.6 Å². The van der Waals surface area contributed by atoms with Gasteiger partial charge < -0.3 is 4.52 Å². The molecule has 0 spiro atoms. The van der Waals surface area contributed by atoms with Gasteiger partial charge in [0, 0.05) is 18.2 Å². The van der Waals surface area contributed by atoms with Gasteiger partial charge in [-0.15, -0.1) is 0 Å². The summed E-state index contributed by atoms with van der Waals surface area (Å²) in [5, 5.41) is 10.4. The summed E-state index contributed by atoms with van der Waals surface area (Å²) in [6.07, 6.45) is 2.77. The third-order valence-corrected chi connectivity index (χ3v) is 8.59. The van der Waals surface area contributed by atoms with Gasteiger partial charge in [-0.3, -0.25) is 0 Å². The lowest BCUT2D eigenvalue weighted by atomic mass is 10.1. The molecule has 2 heterocycles. The maximum absolute atomic E-state index is 14.2. The van der Waals surface area contributed by atoms with E-state index in [4.69, 9.17) is 4.52 Å². The number of para-hydroxylation sites is 1. The van der Waals surface area contributed by atoms with Gasteiger partial charge in [-0.05, 0) is 44.7 Å². The molecule has 2 saturated carbocycles. The van der Waals surface area contributed by atoms with Crippen LogP contribution in [0.15, 0.2) is 36.4 Å². The molecule has 0 atom stereocenters. The first-order valence-electron chi connectivity index (χ1n) is 12.1. The Bertz CT molecular complexity index is 1210. The van der Waals surface area contributed by atoms with E-state index in [0.29, 0.717) is 5.69 Å². The lowest BCUT2D eigenvalue weighted by Gasteiger charge is -2.27. The van der Waals surface area contributed by atoms with Crippen molar-refractivity contribution in [1.29, 1.82) is 0 Å². The number of nitrogens with zero attached hydrogens (tertiary/aromatic N) is 3. The van der Waals surface area contributed by atoms with Crippen LogP contribution in [-0.4, -0.2) is 26.8 Å². The molecule has 3 aromatic rings. The highest BCUT2D eigenvalue weighted by atomic mass is 31.2. The van der Waals surface area contributed by atoms with Gasteiger partial charge in [0.1, 0.15) is 0 Å². The molecule has 2 aromatic heterocycles. The van der Waals surface area contributed by atoms with E-state index < -0.39 is 19.4 Å². The van der Waals surface area contributed by atoms with Crippen molar-refractivity contribution in [3.63, 3.8) is 0 Å². The number of aryl methyl sites for hydroxylation is 1. The molecule has 5 rings (SSSR count). The Labute approximate surface area is 202 Å². The predicted octanol–water partition coefficient (Wildman–Crippen LogP) is 6.30. The Morgan fingerprint density at radius 2 is 1.57 bits per heavy atom. The second kappa shape index (κ2) is 9.56. The van der Waals surface area contributed by atoms with Gasteiger partial charge in [-0.2, -0.15) is 23.3 Å². The first kappa shape index (κ1) is 24.3. The standard InChI is InChI=1S/C24H29F3N5O2P/c1-16-22-20(24(25,26)27)15-21(28-23(22)32(29-16)19-13-3-2-4-14-19)34-35(33,30-17-9-5-6-10-17)31-18-11-7-8-12-18/h2-4,13-15,17-18H,5-12H2,1H3,(H2,30,31,33). The maximum atomic E-state index is 14.2. The van der Waals surface area contributed by atoms with Crippen molar-refractivity contribution in [2.45, 2.75) is 76.6 Å². The summed E-state index contributed by atoms with van der Waals surface area (Å²) >= 11 is 0. The minimum atomic E-state index is -4.67. The van der Waals surface area contributed by atoms with Gasteiger partial charge in [0.05, 0.1) is 22.3 Å². The fraction of sp³-hybridized carbons (Fsp3) is 0.500. The minimum absolute atomic E-state index is 0.00630. The van der Waals surface area contributed by atoms with Crippen molar-refractivity contribution in [2.24, 2.45) is 0 Å². The molecular formula is C24H29F3N5O2P. The molecule has 0 bridgehead atoms. The quantitative estimate of drug-likeness (QED) is 0.366. The van der Waals surface area contributed by atoms with E-state index >= 15 is 0 Å². The zero-order chi connectivity index (χ0) is 24.6. The molecule has 2 fully saturated rings. The summed E-state index contributed by atoms with van der Waals surface area (Å²) in [5.74, 6) is -0.346. The Morgan fingerprint density at radius 3 is 2.11 bits per heavy atom. The van der Waals surface area contributed by atoms with Crippen LogP contribution in [-0.2, 0) is 10.7 Å². The molecule has 2 aliphatic carbocycles. The molecule has 1 aromatic carbocycles. The molecule has 7 nitrogen and oxygen atoms in total. The Morgan fingerprint density at radius 1 is 1.00 bits per heavy atom. The largest absolute Gasteiger partial charge is 0.417 e. The smallest absolute Gasteiger partial charge is 0.403 e. The summed E-state index contributed by atoms with van der Waals surface area (Å²) in [7, 11) is -3.73. The first-order chi connectivity index (χ1) is 16.7. The first-order valence-corrected chi connectivity index (χ1v) is 13.7. The SMILES string of the molecule is Cc1nn(-c2ccccc2)c2nc(OP(=O)(NC3CCCC3)NC3CCCC3)cc(C(F)(F)F)c12. The van der Waals surface area contributed by atoms with Gasteiger partial charge in [0.25, 0.3) is 0 Å². The van der Waals surface area contributed by atoms with Gasteiger partial charge in [-0.25, -0.2) is 19.4 Å². The topological polar surface area (TPSA) is 81.1 Å². The van der Waals surface area contributed by atoms with Crippen LogP contribution in [0.4, 0.5) is 13.2 Å². The highest BCUT2D eigenvalue weighted by Gasteiger charge is 2.38. The Balaban J connectivity index is 1.59. The number of hydrogen-bond donors (Lipinski definition) is 2. The lowest BCUT2D eigenvalue weighted by Crippen LogP contribution is -2.36. The van der Waals surface area contributed by atoms with Crippen LogP contribution in [0.3, 0.4) is 0 Å². The number of benzene rings is 1. The van der Waals surface area contributed by atoms with E-state index in [-0.39, 0.29) is 34.7 Å². The van der Waals surface area contributed by atoms with Crippen molar-refractivity contribution in [3.05, 3.63) is 47.7 Å². The van der Waals surface area contributed by atoms with Crippen molar-refractivity contribution in [2.75, 3.05) is 0 Å². The van der Waals surface area contributed by atoms with Crippen LogP contribution in [0.2, 0.25) is 0 Å². The van der Waals surface area contributed by atoms with E-state index in [1.54, 1.807) is 24.3 Å². The zero-order valence-corrected chi connectivity index (χ0v) is 20.4. The Hall–Kier alpha value is -2.42. The number of nitrogens with one attached hydrogen (secondary N) is 2. The number of rotatable bonds is 7. The lowest BCUT2D eigenvalue weighted by molar-refractivity contribution is -0.136. The fourth-order valence-corrected chi connectivity index (χ4v) is 7.11. The number of hydrogen-bond acceptors (Lipinski definition) is 4. The molecule has 2 N–H and O–H groups in total. The second-order valence-electron chi connectivity index (χ2n) is 9.40. The summed E-state index contributed by atoms with van der Waals surface area (Å²) < 4.78 is 63.7. The number of halogens is 3. The average molecular weight is 507 g/mol. The second-order valence-corrected chi connectivity index (χ2v) is 11.2. The fourth-order valence-electron chi connectivity index (χ4n) is 5.10. The van der Waals surface area contributed by atoms with E-state index in [1.807, 2.05) is 6.07 Å². The number of pyridine rings is 1. The van der Waals surface area contributed by atoms with Crippen LogP contribution >= 0.6 is 7.67 Å². The summed E-state index contributed by atoms with van der Waals surface area (Å²) in [6.45, 7) is 1.52. The van der Waals surface area contributed by atoms with Gasteiger partial charge in [0.2, 0.25) is 5.88 Å². The molecule has 0 aliphatic heterocycles. The monoisotopic (exact) mass is 507 g/mol. The van der Waals surface area contributed by atoms with Crippen molar-refractivity contribution in [3.8, 4) is 11.6 Å². The van der Waals surface area contributed by atoms with Crippen molar-refractivity contribution in [1.82, 2.24) is 24.9 Å². The number of fused-ring (bicyclic) bond motifs is 1. The van der Waals surface area contributed by atoms with Crippen LogP contribution in [0, 0.1) is 6.92 Å². The summed E-state index contributed by atoms with van der Waals surface area (Å²) in [6, 6.07) is 9.64. The number of alkyl halides is 3. The third kappa shape index (κ3) is 5.25. The molecule has 2 aliphatic rings. The van der Waals surface area contributed by atoms with E-state index in [1.165, 1.54) is 11.6 Å². The maximum Gasteiger partial charge on any atom is 0.417 e. The van der Waals surface area contributed by atoms with Crippen LogP contribution in [0.5, 0.6) is 5.88 Å². The van der Waals surface area contributed by atoms with Crippen molar-refractivity contribution < 1.29 is 22.3 Å². The molecule has 0 amide bonds. The minimum Gasteiger partial charge on any atom is -0.403 e. The zero-order valence-electron chi connectivity index (χ0n) is 19.5. The molecular weight excluding hydrogens is 478 g/mol. The highest BCUT2D eigenvalue weighted by Crippen LogP contribution is 2.45. The molecule has 11 heteroatoms. The van der Waals surface area contributed by atoms with Crippen molar-refractivity contribution >= 4 is 18.7 Å². The normalized spacial score (nSPS) is 18.1. The Kier molecular flexibility index (Phi) is 6.63. The average Bonchev–Trinajstić information content (AvgIpc) is 3.56. The highest BCUT2D eigenvalue weighted by molar-refractivity contribution is 7.55. The molecule has 0 unspecified atom stereocenters. The molecule has 0 radical (unpaired) electrons. The van der Waals surface area contributed by atoms with Crippen LogP contribution < -0.4 is 14.7 Å². The summed E-state index contributed by atoms with van der Waals surface area (Å²) in [5.41, 5.74) is -0.136. The molecule has 35 heavy (non-hydrogen) atoms. The van der Waals surface area contributed by atoms with Gasteiger partial charge in [-0.1, -0.05) is 43.9 Å².